The minimum atomic E-state index is -4.52. The van der Waals surface area contributed by atoms with Gasteiger partial charge in [-0.15, -0.1) is 0 Å². The average Bonchev–Trinajstić information content (AvgIpc) is 3.15. The molecule has 0 amide bonds. The number of rotatable bonds is 46. The first kappa shape index (κ1) is 55.5. The fourth-order valence-electron chi connectivity index (χ4n) is 7.14. The lowest BCUT2D eigenvalue weighted by Gasteiger charge is -2.28. The highest BCUT2D eigenvalue weighted by Crippen LogP contribution is 2.38. The third kappa shape index (κ3) is 44.6. The molecular formula is C47H96NO7P. The molecule has 336 valence electrons. The van der Waals surface area contributed by atoms with E-state index in [0.29, 0.717) is 24.1 Å². The number of unbranched alkanes of at least 4 members (excludes halogenated alkanes) is 32. The fraction of sp³-hybridized carbons (Fsp3) is 0.979. The quantitative estimate of drug-likeness (QED) is 0.0261. The summed E-state index contributed by atoms with van der Waals surface area (Å²) < 4.78 is 34.7. The predicted molar refractivity (Wildman–Crippen MR) is 236 cm³/mol. The van der Waals surface area contributed by atoms with Crippen molar-refractivity contribution in [2.24, 2.45) is 0 Å². The lowest BCUT2D eigenvalue weighted by atomic mass is 10.0. The molecule has 0 saturated carbocycles. The summed E-state index contributed by atoms with van der Waals surface area (Å²) in [6.45, 7) is 5.48. The molecule has 56 heavy (non-hydrogen) atoms. The third-order valence-electron chi connectivity index (χ3n) is 10.9. The lowest BCUT2D eigenvalue weighted by Crippen LogP contribution is -2.37. The summed E-state index contributed by atoms with van der Waals surface area (Å²) in [5, 5.41) is 0. The van der Waals surface area contributed by atoms with Gasteiger partial charge in [-0.25, -0.2) is 0 Å². The Bertz CT molecular complexity index is 868. The Morgan fingerprint density at radius 2 is 0.821 bits per heavy atom. The Morgan fingerprint density at radius 3 is 1.18 bits per heavy atom. The number of phosphoric ester groups is 1. The van der Waals surface area contributed by atoms with Gasteiger partial charge in [0.25, 0.3) is 7.82 Å². The molecule has 0 saturated heterocycles. The van der Waals surface area contributed by atoms with Crippen molar-refractivity contribution in [1.82, 2.24) is 0 Å². The smallest absolute Gasteiger partial charge is 0.306 e. The number of hydrogen-bond donors (Lipinski definition) is 0. The van der Waals surface area contributed by atoms with Crippen molar-refractivity contribution in [2.45, 2.75) is 245 Å². The topological polar surface area (TPSA) is 94.1 Å². The molecule has 0 N–H and O–H groups in total. The number of nitrogens with zero attached hydrogens (tertiary/aromatic N) is 1. The van der Waals surface area contributed by atoms with E-state index < -0.39 is 13.9 Å². The van der Waals surface area contributed by atoms with Gasteiger partial charge in [-0.3, -0.25) is 9.36 Å². The maximum Gasteiger partial charge on any atom is 0.306 e. The zero-order valence-corrected chi connectivity index (χ0v) is 39.0. The van der Waals surface area contributed by atoms with Crippen LogP contribution >= 0.6 is 7.82 Å². The summed E-state index contributed by atoms with van der Waals surface area (Å²) in [5.74, 6) is -0.326. The molecule has 0 aromatic heterocycles. The first-order valence-electron chi connectivity index (χ1n) is 24.3. The van der Waals surface area contributed by atoms with Crippen LogP contribution in [0.4, 0.5) is 0 Å². The average molecular weight is 818 g/mol. The monoisotopic (exact) mass is 818 g/mol. The number of phosphoric acid groups is 1. The molecule has 0 spiro atoms. The van der Waals surface area contributed by atoms with Gasteiger partial charge >= 0.3 is 5.97 Å². The van der Waals surface area contributed by atoms with Gasteiger partial charge in [0, 0.05) is 13.0 Å². The van der Waals surface area contributed by atoms with Crippen LogP contribution in [-0.2, 0) is 27.9 Å². The summed E-state index contributed by atoms with van der Waals surface area (Å²) in [6, 6.07) is 0. The molecule has 0 aromatic rings. The van der Waals surface area contributed by atoms with E-state index in [9.17, 15) is 14.3 Å². The van der Waals surface area contributed by atoms with Crippen LogP contribution in [0.3, 0.4) is 0 Å². The van der Waals surface area contributed by atoms with Gasteiger partial charge in [0.1, 0.15) is 19.3 Å². The van der Waals surface area contributed by atoms with Crippen LogP contribution in [0, 0.1) is 0 Å². The van der Waals surface area contributed by atoms with Crippen LogP contribution in [0.15, 0.2) is 0 Å². The van der Waals surface area contributed by atoms with Crippen LogP contribution in [0.2, 0.25) is 0 Å². The number of quaternary nitrogens is 1. The van der Waals surface area contributed by atoms with Gasteiger partial charge in [0.05, 0.1) is 34.4 Å². The van der Waals surface area contributed by atoms with Crippen LogP contribution in [0.1, 0.15) is 239 Å². The summed E-state index contributed by atoms with van der Waals surface area (Å²) in [7, 11) is 1.38. The molecule has 0 aliphatic carbocycles. The molecule has 2 unspecified atom stereocenters. The molecule has 0 aromatic carbocycles. The van der Waals surface area contributed by atoms with Crippen molar-refractivity contribution in [1.29, 1.82) is 0 Å². The van der Waals surface area contributed by atoms with Crippen LogP contribution in [-0.4, -0.2) is 70.7 Å². The number of likely N-dealkylation sites (N-methyl/N-ethyl adjacent to an activating group) is 1. The molecular weight excluding hydrogens is 721 g/mol. The van der Waals surface area contributed by atoms with Crippen molar-refractivity contribution in [3.63, 3.8) is 0 Å². The van der Waals surface area contributed by atoms with Crippen molar-refractivity contribution in [2.75, 3.05) is 54.1 Å². The second-order valence-corrected chi connectivity index (χ2v) is 19.3. The van der Waals surface area contributed by atoms with Gasteiger partial charge in [0.2, 0.25) is 0 Å². The van der Waals surface area contributed by atoms with Crippen molar-refractivity contribution >= 4 is 13.8 Å². The number of carbonyl (C=O) groups excluding carboxylic acids is 1. The van der Waals surface area contributed by atoms with Crippen molar-refractivity contribution in [3.8, 4) is 0 Å². The summed E-state index contributed by atoms with van der Waals surface area (Å²) in [5.41, 5.74) is 0. The standard InChI is InChI=1S/C47H96NO7P/c1-6-8-10-12-14-16-18-20-22-24-25-26-28-30-32-34-36-38-40-47(49)55-46(45-54-56(50,51)53-43-41-48(3,4)5)44-52-42-39-37-35-33-31-29-27-23-21-19-17-15-13-11-9-7-2/h46H,6-45H2,1-5H3. The molecule has 0 rings (SSSR count). The minimum Gasteiger partial charge on any atom is -0.756 e. The van der Waals surface area contributed by atoms with E-state index in [2.05, 4.69) is 13.8 Å². The van der Waals surface area contributed by atoms with E-state index in [-0.39, 0.29) is 25.8 Å². The molecule has 0 radical (unpaired) electrons. The first-order chi connectivity index (χ1) is 27.1. The van der Waals surface area contributed by atoms with Gasteiger partial charge < -0.3 is 27.9 Å². The molecule has 0 fully saturated rings. The summed E-state index contributed by atoms with van der Waals surface area (Å²) >= 11 is 0. The Kier molecular flexibility index (Phi) is 40.9. The largest absolute Gasteiger partial charge is 0.756 e. The summed E-state index contributed by atoms with van der Waals surface area (Å²) in [6.07, 6.45) is 44.0. The maximum atomic E-state index is 12.7. The highest BCUT2D eigenvalue weighted by molar-refractivity contribution is 7.45. The number of ether oxygens (including phenoxy) is 2. The van der Waals surface area contributed by atoms with Crippen LogP contribution in [0.5, 0.6) is 0 Å². The van der Waals surface area contributed by atoms with Gasteiger partial charge in [-0.05, 0) is 12.8 Å². The lowest BCUT2D eigenvalue weighted by molar-refractivity contribution is -0.870. The van der Waals surface area contributed by atoms with Crippen molar-refractivity contribution in [3.05, 3.63) is 0 Å². The van der Waals surface area contributed by atoms with E-state index in [1.165, 1.54) is 186 Å². The molecule has 9 heteroatoms. The highest BCUT2D eigenvalue weighted by atomic mass is 31.2. The predicted octanol–water partition coefficient (Wildman–Crippen LogP) is 13.8. The SMILES string of the molecule is CCCCCCCCCCCCCCCCCCCCC(=O)OC(COCCCCCCCCCCCCCCCCCC)COP(=O)([O-])OCC[N+](C)(C)C. The molecule has 0 heterocycles. The van der Waals surface area contributed by atoms with E-state index >= 15 is 0 Å². The Hall–Kier alpha value is -0.500. The molecule has 2 atom stereocenters. The minimum absolute atomic E-state index is 0.0316. The van der Waals surface area contributed by atoms with Gasteiger partial charge in [-0.2, -0.15) is 0 Å². The Balaban J connectivity index is 4.12. The number of carbonyl (C=O) groups is 1. The highest BCUT2D eigenvalue weighted by Gasteiger charge is 2.20. The fourth-order valence-corrected chi connectivity index (χ4v) is 7.87. The summed E-state index contributed by atoms with van der Waals surface area (Å²) in [4.78, 5) is 25.1. The van der Waals surface area contributed by atoms with Gasteiger partial charge in [-0.1, -0.05) is 219 Å². The van der Waals surface area contributed by atoms with E-state index in [0.717, 1.165) is 32.1 Å². The zero-order chi connectivity index (χ0) is 41.3. The third-order valence-corrected chi connectivity index (χ3v) is 11.9. The zero-order valence-electron chi connectivity index (χ0n) is 38.1. The Morgan fingerprint density at radius 1 is 0.482 bits per heavy atom. The van der Waals surface area contributed by atoms with E-state index in [1.807, 2.05) is 21.1 Å². The Labute approximate surface area is 348 Å². The normalized spacial score (nSPS) is 13.6. The van der Waals surface area contributed by atoms with E-state index in [4.69, 9.17) is 18.5 Å². The number of esters is 1. The van der Waals surface area contributed by atoms with Crippen molar-refractivity contribution < 1.29 is 37.3 Å². The number of hydrogen-bond acceptors (Lipinski definition) is 7. The molecule has 8 nitrogen and oxygen atoms in total. The second-order valence-electron chi connectivity index (χ2n) is 17.8. The van der Waals surface area contributed by atoms with Gasteiger partial charge in [0.15, 0.2) is 0 Å². The second kappa shape index (κ2) is 41.2. The van der Waals surface area contributed by atoms with E-state index in [1.54, 1.807) is 0 Å². The first-order valence-corrected chi connectivity index (χ1v) is 25.7. The maximum absolute atomic E-state index is 12.7. The molecule has 0 aliphatic rings. The molecule has 0 aliphatic heterocycles. The van der Waals surface area contributed by atoms with Crippen LogP contribution in [0.25, 0.3) is 0 Å². The molecule has 0 bridgehead atoms. The van der Waals surface area contributed by atoms with Crippen LogP contribution < -0.4 is 4.89 Å².